The zero-order valence-corrected chi connectivity index (χ0v) is 14.3. The number of carboxylic acid groups (broad SMARTS) is 1. The molecule has 1 saturated heterocycles. The fourth-order valence-corrected chi connectivity index (χ4v) is 3.38. The van der Waals surface area contributed by atoms with Gasteiger partial charge in [-0.05, 0) is 42.5 Å². The topological polar surface area (TPSA) is 110 Å². The number of fused-ring (bicyclic) bond motifs is 1. The van der Waals surface area contributed by atoms with Crippen LogP contribution in [-0.2, 0) is 22.5 Å². The van der Waals surface area contributed by atoms with Crippen LogP contribution in [-0.4, -0.2) is 43.3 Å². The summed E-state index contributed by atoms with van der Waals surface area (Å²) >= 11 is 0. The van der Waals surface area contributed by atoms with E-state index in [0.29, 0.717) is 41.6 Å². The molecule has 3 aromatic rings. The highest BCUT2D eigenvalue weighted by molar-refractivity contribution is 5.79. The molecule has 1 unspecified atom stereocenters. The fourth-order valence-electron chi connectivity index (χ4n) is 3.38. The van der Waals surface area contributed by atoms with Crippen LogP contribution in [0.5, 0.6) is 0 Å². The maximum atomic E-state index is 13.3. The van der Waals surface area contributed by atoms with Crippen molar-refractivity contribution in [3.8, 4) is 0 Å². The Morgan fingerprint density at radius 3 is 3.00 bits per heavy atom. The molecule has 8 nitrogen and oxygen atoms in total. The molecule has 0 saturated carbocycles. The third-order valence-corrected chi connectivity index (χ3v) is 4.76. The molecule has 1 atom stereocenters. The van der Waals surface area contributed by atoms with Crippen molar-refractivity contribution in [3.63, 3.8) is 0 Å². The highest BCUT2D eigenvalue weighted by atomic mass is 19.1. The summed E-state index contributed by atoms with van der Waals surface area (Å²) in [6.45, 7) is 0.573. The molecule has 4 rings (SSSR count). The second-order valence-corrected chi connectivity index (χ2v) is 6.69. The summed E-state index contributed by atoms with van der Waals surface area (Å²) in [5.74, 6) is -1.43. The summed E-state index contributed by atoms with van der Waals surface area (Å²) < 4.78 is 20.2. The number of hydrogen-bond donors (Lipinski definition) is 2. The van der Waals surface area contributed by atoms with Crippen LogP contribution < -0.4 is 5.56 Å². The Hall–Kier alpha value is -3.07. The minimum Gasteiger partial charge on any atom is -0.479 e. The average Bonchev–Trinajstić information content (AvgIpc) is 3.26. The Morgan fingerprint density at radius 2 is 2.26 bits per heavy atom. The lowest BCUT2D eigenvalue weighted by atomic mass is 9.95. The van der Waals surface area contributed by atoms with Gasteiger partial charge in [0, 0.05) is 24.8 Å². The number of pyridine rings is 1. The van der Waals surface area contributed by atoms with Crippen molar-refractivity contribution in [2.45, 2.75) is 31.4 Å². The Balaban J connectivity index is 1.57. The van der Waals surface area contributed by atoms with E-state index in [2.05, 4.69) is 15.3 Å². The molecule has 27 heavy (non-hydrogen) atoms. The van der Waals surface area contributed by atoms with Gasteiger partial charge in [-0.1, -0.05) is 5.21 Å². The van der Waals surface area contributed by atoms with Crippen molar-refractivity contribution in [2.24, 2.45) is 0 Å². The zero-order chi connectivity index (χ0) is 19.0. The molecule has 2 aromatic heterocycles. The van der Waals surface area contributed by atoms with Crippen LogP contribution in [0, 0.1) is 5.82 Å². The van der Waals surface area contributed by atoms with Gasteiger partial charge in [0.15, 0.2) is 5.60 Å². The molecule has 3 heterocycles. The standard InChI is InChI=1S/C18H17FN4O4/c19-13-3-2-11-6-12(16(24)20-15(11)7-13)9-23-10-14(21-22-23)8-18(17(25)26)4-1-5-27-18/h2-3,6-7,10H,1,4-5,8-9H2,(H,20,24)(H,25,26). The minimum atomic E-state index is -1.26. The lowest BCUT2D eigenvalue weighted by molar-refractivity contribution is -0.160. The Bertz CT molecular complexity index is 1070. The number of aromatic nitrogens is 4. The van der Waals surface area contributed by atoms with E-state index in [1.165, 1.54) is 16.8 Å². The molecule has 0 bridgehead atoms. The zero-order valence-electron chi connectivity index (χ0n) is 14.3. The van der Waals surface area contributed by atoms with Crippen molar-refractivity contribution in [1.82, 2.24) is 20.0 Å². The van der Waals surface area contributed by atoms with Gasteiger partial charge >= 0.3 is 5.97 Å². The normalized spacial score (nSPS) is 19.6. The number of nitrogens with one attached hydrogen (secondary N) is 1. The first-order chi connectivity index (χ1) is 12.9. The first-order valence-corrected chi connectivity index (χ1v) is 8.53. The van der Waals surface area contributed by atoms with E-state index in [9.17, 15) is 19.1 Å². The van der Waals surface area contributed by atoms with Crippen molar-refractivity contribution >= 4 is 16.9 Å². The van der Waals surface area contributed by atoms with Gasteiger partial charge in [0.1, 0.15) is 5.82 Å². The maximum Gasteiger partial charge on any atom is 0.336 e. The first-order valence-electron chi connectivity index (χ1n) is 8.53. The minimum absolute atomic E-state index is 0.121. The van der Waals surface area contributed by atoms with Gasteiger partial charge in [0.2, 0.25) is 0 Å². The highest BCUT2D eigenvalue weighted by Crippen LogP contribution is 2.29. The molecule has 2 N–H and O–H groups in total. The van der Waals surface area contributed by atoms with E-state index in [4.69, 9.17) is 4.74 Å². The average molecular weight is 372 g/mol. The van der Waals surface area contributed by atoms with Crippen LogP contribution in [0.2, 0.25) is 0 Å². The third kappa shape index (κ3) is 3.33. The summed E-state index contributed by atoms with van der Waals surface area (Å²) in [5.41, 5.74) is -0.254. The van der Waals surface area contributed by atoms with Crippen LogP contribution in [0.1, 0.15) is 24.1 Å². The van der Waals surface area contributed by atoms with Crippen LogP contribution >= 0.6 is 0 Å². The summed E-state index contributed by atoms with van der Waals surface area (Å²) in [6.07, 6.45) is 2.85. The maximum absolute atomic E-state index is 13.3. The SMILES string of the molecule is O=C(O)C1(Cc2cn(Cc3cc4ccc(F)cc4[nH]c3=O)nn2)CCCO1. The fraction of sp³-hybridized carbons (Fsp3) is 0.333. The molecule has 1 aromatic carbocycles. The predicted octanol–water partition coefficient (Wildman–Crippen LogP) is 1.48. The van der Waals surface area contributed by atoms with E-state index in [0.717, 1.165) is 0 Å². The van der Waals surface area contributed by atoms with Gasteiger partial charge in [0.25, 0.3) is 5.56 Å². The number of ether oxygens (including phenoxy) is 1. The number of carboxylic acids is 1. The summed E-state index contributed by atoms with van der Waals surface area (Å²) in [5, 5.41) is 18.2. The lowest BCUT2D eigenvalue weighted by Gasteiger charge is -2.21. The molecule has 1 aliphatic rings. The van der Waals surface area contributed by atoms with Crippen molar-refractivity contribution in [2.75, 3.05) is 6.61 Å². The number of nitrogens with zero attached hydrogens (tertiary/aromatic N) is 3. The molecule has 0 aliphatic carbocycles. The lowest BCUT2D eigenvalue weighted by Crippen LogP contribution is -2.40. The summed E-state index contributed by atoms with van der Waals surface area (Å²) in [6, 6.07) is 5.85. The summed E-state index contributed by atoms with van der Waals surface area (Å²) in [4.78, 5) is 26.5. The molecule has 0 spiro atoms. The van der Waals surface area contributed by atoms with E-state index in [-0.39, 0.29) is 18.5 Å². The number of H-pyrrole nitrogens is 1. The van der Waals surface area contributed by atoms with Gasteiger partial charge in [0.05, 0.1) is 17.8 Å². The quantitative estimate of drug-likeness (QED) is 0.702. The molecular formula is C18H17FN4O4. The Labute approximate surface area is 152 Å². The van der Waals surface area contributed by atoms with Gasteiger partial charge < -0.3 is 14.8 Å². The van der Waals surface area contributed by atoms with E-state index < -0.39 is 17.4 Å². The van der Waals surface area contributed by atoms with Crippen LogP contribution in [0.25, 0.3) is 10.9 Å². The Morgan fingerprint density at radius 1 is 1.41 bits per heavy atom. The number of aromatic amines is 1. The second-order valence-electron chi connectivity index (χ2n) is 6.69. The molecule has 0 amide bonds. The van der Waals surface area contributed by atoms with Crippen LogP contribution in [0.4, 0.5) is 4.39 Å². The van der Waals surface area contributed by atoms with Crippen molar-refractivity contribution in [3.05, 3.63) is 57.9 Å². The number of rotatable bonds is 5. The molecular weight excluding hydrogens is 355 g/mol. The second kappa shape index (κ2) is 6.58. The van der Waals surface area contributed by atoms with Crippen LogP contribution in [0.3, 0.4) is 0 Å². The number of carbonyl (C=O) groups is 1. The molecule has 1 fully saturated rings. The molecule has 140 valence electrons. The van der Waals surface area contributed by atoms with Crippen LogP contribution in [0.15, 0.2) is 35.3 Å². The third-order valence-electron chi connectivity index (χ3n) is 4.76. The van der Waals surface area contributed by atoms with Crippen molar-refractivity contribution < 1.29 is 19.0 Å². The van der Waals surface area contributed by atoms with E-state index >= 15 is 0 Å². The molecule has 1 aliphatic heterocycles. The number of halogens is 1. The monoisotopic (exact) mass is 372 g/mol. The Kier molecular flexibility index (Phi) is 4.23. The summed E-state index contributed by atoms with van der Waals surface area (Å²) in [7, 11) is 0. The van der Waals surface area contributed by atoms with Gasteiger partial charge in [-0.15, -0.1) is 5.10 Å². The highest BCUT2D eigenvalue weighted by Gasteiger charge is 2.43. The molecule has 9 heteroatoms. The predicted molar refractivity (Wildman–Crippen MR) is 92.9 cm³/mol. The van der Waals surface area contributed by atoms with E-state index in [1.807, 2.05) is 0 Å². The largest absolute Gasteiger partial charge is 0.479 e. The van der Waals surface area contributed by atoms with Gasteiger partial charge in [-0.25, -0.2) is 13.9 Å². The number of aliphatic carboxylic acids is 1. The smallest absolute Gasteiger partial charge is 0.336 e. The number of benzene rings is 1. The molecule has 0 radical (unpaired) electrons. The van der Waals surface area contributed by atoms with Gasteiger partial charge in [-0.3, -0.25) is 4.79 Å². The first kappa shape index (κ1) is 17.3. The van der Waals surface area contributed by atoms with E-state index in [1.54, 1.807) is 18.3 Å². The van der Waals surface area contributed by atoms with Gasteiger partial charge in [-0.2, -0.15) is 0 Å². The number of hydrogen-bond acceptors (Lipinski definition) is 5. The van der Waals surface area contributed by atoms with Crippen molar-refractivity contribution in [1.29, 1.82) is 0 Å².